The second-order valence-electron chi connectivity index (χ2n) is 7.96. The van der Waals surface area contributed by atoms with Crippen molar-refractivity contribution in [3.8, 4) is 5.75 Å². The van der Waals surface area contributed by atoms with Crippen LogP contribution in [0.15, 0.2) is 30.5 Å². The normalized spacial score (nSPS) is 18.9. The van der Waals surface area contributed by atoms with E-state index in [0.29, 0.717) is 11.0 Å². The summed E-state index contributed by atoms with van der Waals surface area (Å²) in [7, 11) is 1.66. The van der Waals surface area contributed by atoms with E-state index in [4.69, 9.17) is 9.84 Å². The third kappa shape index (κ3) is 3.56. The highest BCUT2D eigenvalue weighted by Gasteiger charge is 2.42. The number of carbonyl (C=O) groups excluding carboxylic acids is 1. The van der Waals surface area contributed by atoms with Crippen molar-refractivity contribution in [2.24, 2.45) is 5.41 Å². The van der Waals surface area contributed by atoms with Gasteiger partial charge in [0.15, 0.2) is 0 Å². The van der Waals surface area contributed by atoms with Crippen LogP contribution in [0.5, 0.6) is 5.75 Å². The minimum absolute atomic E-state index is 0.0969. The molecule has 1 heterocycles. The number of pyridine rings is 1. The number of hydrogen-bond acceptors (Lipinski definition) is 4. The fraction of sp³-hybridized carbons (Fsp3) is 0.455. The lowest BCUT2D eigenvalue weighted by atomic mass is 9.83. The van der Waals surface area contributed by atoms with Gasteiger partial charge in [0.25, 0.3) is 5.91 Å². The zero-order chi connectivity index (χ0) is 19.0. The number of aromatic nitrogens is 1. The Hall–Kier alpha value is -2.40. The molecule has 2 N–H and O–H groups in total. The number of hydrogen-bond donors (Lipinski definition) is 2. The van der Waals surface area contributed by atoms with Gasteiger partial charge in [0.1, 0.15) is 5.75 Å². The number of aliphatic hydroxyl groups is 1. The molecule has 1 atom stereocenters. The first-order valence-electron chi connectivity index (χ1n) is 9.62. The van der Waals surface area contributed by atoms with Gasteiger partial charge in [-0.15, -0.1) is 0 Å². The van der Waals surface area contributed by atoms with Crippen LogP contribution < -0.4 is 10.1 Å². The molecule has 1 aromatic carbocycles. The number of allylic oxidation sites excluding steroid dienone is 2. The zero-order valence-electron chi connectivity index (χ0n) is 15.9. The van der Waals surface area contributed by atoms with Crippen LogP contribution >= 0.6 is 0 Å². The molecule has 4 rings (SSSR count). The van der Waals surface area contributed by atoms with Gasteiger partial charge in [0.2, 0.25) is 0 Å². The molecule has 1 aromatic heterocycles. The van der Waals surface area contributed by atoms with Crippen molar-refractivity contribution in [1.29, 1.82) is 0 Å². The van der Waals surface area contributed by atoms with Gasteiger partial charge in [0.05, 0.1) is 24.8 Å². The molecule has 0 radical (unpaired) electrons. The molecule has 5 nitrogen and oxygen atoms in total. The smallest absolute Gasteiger partial charge is 0.253 e. The van der Waals surface area contributed by atoms with E-state index in [-0.39, 0.29) is 18.6 Å². The van der Waals surface area contributed by atoms with Crippen LogP contribution in [0.2, 0.25) is 0 Å². The molecule has 0 saturated heterocycles. The Morgan fingerprint density at radius 3 is 2.78 bits per heavy atom. The van der Waals surface area contributed by atoms with Crippen molar-refractivity contribution in [1.82, 2.24) is 10.3 Å². The number of rotatable bonds is 5. The Kier molecular flexibility index (Phi) is 4.64. The lowest BCUT2D eigenvalue weighted by Crippen LogP contribution is -2.35. The number of nitrogens with zero attached hydrogens (tertiary/aromatic N) is 1. The van der Waals surface area contributed by atoms with Gasteiger partial charge in [-0.2, -0.15) is 0 Å². The number of carbonyl (C=O) groups is 1. The molecule has 0 bridgehead atoms. The summed E-state index contributed by atoms with van der Waals surface area (Å²) in [6.07, 6.45) is 10.2. The number of benzene rings is 1. The standard InChI is InChI=1S/C22H26N2O3/c1-14(13-25)24-21(26)17-9-16-10-18(27-2)11-19(20(16)23-12-17)15-3-5-22(6-4-15)7-8-22/h3,9-12,14,25H,4-8,13H2,1-2H3,(H,24,26)/t14-/m1/s1. The first-order chi connectivity index (χ1) is 13.0. The molecule has 2 aromatic rings. The van der Waals surface area contributed by atoms with Crippen molar-refractivity contribution in [2.45, 2.75) is 45.1 Å². The average molecular weight is 366 g/mol. The number of nitrogens with one attached hydrogen (secondary N) is 1. The first-order valence-corrected chi connectivity index (χ1v) is 9.62. The topological polar surface area (TPSA) is 71.5 Å². The van der Waals surface area contributed by atoms with Gasteiger partial charge in [-0.3, -0.25) is 9.78 Å². The zero-order valence-corrected chi connectivity index (χ0v) is 15.9. The van der Waals surface area contributed by atoms with Crippen molar-refractivity contribution >= 4 is 22.4 Å². The first kappa shape index (κ1) is 18.0. The highest BCUT2D eigenvalue weighted by molar-refractivity contribution is 6.00. The fourth-order valence-electron chi connectivity index (χ4n) is 3.88. The molecule has 1 amide bonds. The minimum Gasteiger partial charge on any atom is -0.497 e. The van der Waals surface area contributed by atoms with Crippen LogP contribution in [0.4, 0.5) is 0 Å². The SMILES string of the molecule is COc1cc(C2=CCC3(CC2)CC3)c2ncc(C(=O)N[C@H](C)CO)cc2c1. The van der Waals surface area contributed by atoms with E-state index < -0.39 is 0 Å². The lowest BCUT2D eigenvalue weighted by Gasteiger charge is -2.22. The van der Waals surface area contributed by atoms with E-state index in [0.717, 1.165) is 35.1 Å². The molecule has 5 heteroatoms. The van der Waals surface area contributed by atoms with Gasteiger partial charge < -0.3 is 15.2 Å². The summed E-state index contributed by atoms with van der Waals surface area (Å²) < 4.78 is 5.50. The van der Waals surface area contributed by atoms with Gasteiger partial charge in [0, 0.05) is 23.2 Å². The summed E-state index contributed by atoms with van der Waals surface area (Å²) in [4.78, 5) is 17.0. The number of ether oxygens (including phenoxy) is 1. The minimum atomic E-state index is -0.295. The molecule has 1 spiro atoms. The highest BCUT2D eigenvalue weighted by Crippen LogP contribution is 2.56. The van der Waals surface area contributed by atoms with E-state index in [9.17, 15) is 4.79 Å². The number of fused-ring (bicyclic) bond motifs is 1. The summed E-state index contributed by atoms with van der Waals surface area (Å²) >= 11 is 0. The summed E-state index contributed by atoms with van der Waals surface area (Å²) in [5.74, 6) is 0.538. The van der Waals surface area contributed by atoms with Crippen LogP contribution in [0, 0.1) is 5.41 Å². The van der Waals surface area contributed by atoms with Crippen molar-refractivity contribution in [3.63, 3.8) is 0 Å². The second-order valence-corrected chi connectivity index (χ2v) is 7.96. The van der Waals surface area contributed by atoms with E-state index >= 15 is 0 Å². The maximum atomic E-state index is 12.4. The average Bonchev–Trinajstić information content (AvgIpc) is 3.45. The maximum absolute atomic E-state index is 12.4. The van der Waals surface area contributed by atoms with Crippen LogP contribution in [0.25, 0.3) is 16.5 Å². The van der Waals surface area contributed by atoms with Crippen molar-refractivity contribution in [3.05, 3.63) is 41.6 Å². The van der Waals surface area contributed by atoms with Crippen molar-refractivity contribution in [2.75, 3.05) is 13.7 Å². The van der Waals surface area contributed by atoms with Gasteiger partial charge in [-0.1, -0.05) is 6.08 Å². The monoisotopic (exact) mass is 366 g/mol. The summed E-state index contributed by atoms with van der Waals surface area (Å²) in [6, 6.07) is 5.53. The predicted molar refractivity (Wildman–Crippen MR) is 106 cm³/mol. The van der Waals surface area contributed by atoms with Gasteiger partial charge in [-0.05, 0) is 68.2 Å². The summed E-state index contributed by atoms with van der Waals surface area (Å²) in [6.45, 7) is 1.66. The largest absolute Gasteiger partial charge is 0.497 e. The fourth-order valence-corrected chi connectivity index (χ4v) is 3.88. The molecule has 0 aliphatic heterocycles. The lowest BCUT2D eigenvalue weighted by molar-refractivity contribution is 0.0922. The number of aliphatic hydroxyl groups excluding tert-OH is 1. The Labute approximate surface area is 159 Å². The highest BCUT2D eigenvalue weighted by atomic mass is 16.5. The third-order valence-corrected chi connectivity index (χ3v) is 5.92. The van der Waals surface area contributed by atoms with Crippen LogP contribution in [-0.2, 0) is 0 Å². The molecule has 2 aliphatic carbocycles. The Morgan fingerprint density at radius 1 is 1.33 bits per heavy atom. The maximum Gasteiger partial charge on any atom is 0.253 e. The van der Waals surface area contributed by atoms with E-state index in [2.05, 4.69) is 22.4 Å². The third-order valence-electron chi connectivity index (χ3n) is 5.92. The number of methoxy groups -OCH3 is 1. The second kappa shape index (κ2) is 6.97. The molecule has 2 aliphatic rings. The van der Waals surface area contributed by atoms with Crippen LogP contribution in [-0.4, -0.2) is 35.8 Å². The van der Waals surface area contributed by atoms with Gasteiger partial charge in [-0.25, -0.2) is 0 Å². The van der Waals surface area contributed by atoms with E-state index in [1.807, 2.05) is 12.1 Å². The van der Waals surface area contributed by atoms with Crippen molar-refractivity contribution < 1.29 is 14.6 Å². The van der Waals surface area contributed by atoms with Gasteiger partial charge >= 0.3 is 0 Å². The Bertz CT molecular complexity index is 915. The van der Waals surface area contributed by atoms with E-state index in [1.54, 1.807) is 20.2 Å². The molecule has 0 unspecified atom stereocenters. The quantitative estimate of drug-likeness (QED) is 0.846. The molecular weight excluding hydrogens is 340 g/mol. The van der Waals surface area contributed by atoms with Crippen LogP contribution in [0.3, 0.4) is 0 Å². The molecule has 142 valence electrons. The molecule has 1 saturated carbocycles. The predicted octanol–water partition coefficient (Wildman–Crippen LogP) is 3.70. The Morgan fingerprint density at radius 2 is 2.15 bits per heavy atom. The van der Waals surface area contributed by atoms with E-state index in [1.165, 1.54) is 24.8 Å². The summed E-state index contributed by atoms with van der Waals surface area (Å²) in [5, 5.41) is 12.8. The number of amides is 1. The molecule has 1 fully saturated rings. The molecule has 27 heavy (non-hydrogen) atoms. The molecular formula is C22H26N2O3. The van der Waals surface area contributed by atoms with Crippen LogP contribution in [0.1, 0.15) is 54.9 Å². The summed E-state index contributed by atoms with van der Waals surface area (Å²) in [5.41, 5.74) is 4.41. The Balaban J connectivity index is 1.72.